The summed E-state index contributed by atoms with van der Waals surface area (Å²) < 4.78 is 16.3. The number of benzene rings is 1. The van der Waals surface area contributed by atoms with E-state index in [0.29, 0.717) is 35.6 Å². The Morgan fingerprint density at radius 3 is 2.18 bits per heavy atom. The normalized spacial score (nSPS) is 12.6. The van der Waals surface area contributed by atoms with Gasteiger partial charge in [0.05, 0.1) is 33.4 Å². The van der Waals surface area contributed by atoms with Crippen molar-refractivity contribution in [3.8, 4) is 17.2 Å². The minimum absolute atomic E-state index is 0.201. The Morgan fingerprint density at radius 1 is 1.07 bits per heavy atom. The van der Waals surface area contributed by atoms with Gasteiger partial charge < -0.3 is 30.0 Å². The van der Waals surface area contributed by atoms with Crippen molar-refractivity contribution in [3.63, 3.8) is 0 Å². The molecule has 0 fully saturated rings. The van der Waals surface area contributed by atoms with Gasteiger partial charge >= 0.3 is 0 Å². The van der Waals surface area contributed by atoms with Crippen LogP contribution in [0.15, 0.2) is 17.1 Å². The summed E-state index contributed by atoms with van der Waals surface area (Å²) in [5.74, 6) is 3.74. The van der Waals surface area contributed by atoms with Crippen LogP contribution in [0.5, 0.6) is 17.2 Å². The van der Waals surface area contributed by atoms with Gasteiger partial charge in [0, 0.05) is 31.8 Å². The third kappa shape index (κ3) is 7.84. The maximum Gasteiger partial charge on any atom is 0.191 e. The average Bonchev–Trinajstić information content (AvgIpc) is 2.68. The molecule has 1 unspecified atom stereocenters. The van der Waals surface area contributed by atoms with Crippen LogP contribution in [0.2, 0.25) is 0 Å². The molecule has 0 amide bonds. The van der Waals surface area contributed by atoms with Crippen LogP contribution in [0.25, 0.3) is 0 Å². The highest BCUT2D eigenvalue weighted by atomic mass is 16.5. The van der Waals surface area contributed by atoms with Crippen LogP contribution in [0.1, 0.15) is 39.2 Å². The van der Waals surface area contributed by atoms with Crippen LogP contribution in [-0.4, -0.2) is 52.1 Å². The minimum atomic E-state index is 0.201. The first-order valence-electron chi connectivity index (χ1n) is 9.90. The quantitative estimate of drug-likeness (QED) is 0.373. The summed E-state index contributed by atoms with van der Waals surface area (Å²) in [6.07, 6.45) is 1.85. The van der Waals surface area contributed by atoms with Gasteiger partial charge in [-0.2, -0.15) is 0 Å². The molecule has 0 saturated carbocycles. The first kappa shape index (κ1) is 23.9. The Labute approximate surface area is 169 Å². The van der Waals surface area contributed by atoms with Crippen molar-refractivity contribution in [2.24, 2.45) is 16.8 Å². The number of aliphatic hydroxyl groups excluding tert-OH is 1. The monoisotopic (exact) mass is 395 g/mol. The van der Waals surface area contributed by atoms with E-state index in [1.54, 1.807) is 21.3 Å². The van der Waals surface area contributed by atoms with E-state index in [9.17, 15) is 5.11 Å². The zero-order valence-electron chi connectivity index (χ0n) is 18.2. The van der Waals surface area contributed by atoms with Crippen molar-refractivity contribution < 1.29 is 19.3 Å². The van der Waals surface area contributed by atoms with E-state index < -0.39 is 0 Å². The molecule has 0 aliphatic rings. The Morgan fingerprint density at radius 2 is 1.71 bits per heavy atom. The molecule has 0 heterocycles. The second-order valence-electron chi connectivity index (χ2n) is 7.09. The zero-order chi connectivity index (χ0) is 20.9. The maximum absolute atomic E-state index is 9.32. The van der Waals surface area contributed by atoms with Crippen molar-refractivity contribution in [1.29, 1.82) is 0 Å². The average molecular weight is 396 g/mol. The summed E-state index contributed by atoms with van der Waals surface area (Å²) in [5.41, 5.74) is 0.858. The van der Waals surface area contributed by atoms with E-state index >= 15 is 0 Å². The fourth-order valence-corrected chi connectivity index (χ4v) is 3.13. The summed E-state index contributed by atoms with van der Waals surface area (Å²) in [7, 11) is 4.85. The number of rotatable bonds is 12. The number of hydrogen-bond acceptors (Lipinski definition) is 5. The van der Waals surface area contributed by atoms with Crippen LogP contribution in [0, 0.1) is 11.8 Å². The molecule has 7 heteroatoms. The number of ether oxygens (including phenoxy) is 3. The molecule has 28 heavy (non-hydrogen) atoms. The number of aliphatic imine (C=N–C) groups is 1. The van der Waals surface area contributed by atoms with E-state index in [-0.39, 0.29) is 6.61 Å². The minimum Gasteiger partial charge on any atom is -0.496 e. The molecular weight excluding hydrogens is 358 g/mol. The smallest absolute Gasteiger partial charge is 0.191 e. The summed E-state index contributed by atoms with van der Waals surface area (Å²) in [6, 6.07) is 3.65. The molecule has 0 aliphatic heterocycles. The molecule has 0 aromatic heterocycles. The largest absolute Gasteiger partial charge is 0.496 e. The molecule has 0 radical (unpaired) electrons. The molecule has 0 aliphatic carbocycles. The third-order valence-corrected chi connectivity index (χ3v) is 4.46. The Balaban J connectivity index is 2.94. The van der Waals surface area contributed by atoms with Gasteiger partial charge in [0.25, 0.3) is 0 Å². The number of nitrogens with one attached hydrogen (secondary N) is 2. The maximum atomic E-state index is 9.32. The lowest BCUT2D eigenvalue weighted by molar-refractivity contribution is 0.243. The molecule has 1 aromatic carbocycles. The number of methoxy groups -OCH3 is 3. The van der Waals surface area contributed by atoms with E-state index in [0.717, 1.165) is 37.5 Å². The van der Waals surface area contributed by atoms with Gasteiger partial charge in [-0.3, -0.25) is 0 Å². The van der Waals surface area contributed by atoms with E-state index in [1.165, 1.54) is 0 Å². The highest BCUT2D eigenvalue weighted by Gasteiger charge is 2.14. The van der Waals surface area contributed by atoms with Crippen molar-refractivity contribution in [1.82, 2.24) is 10.6 Å². The van der Waals surface area contributed by atoms with Gasteiger partial charge in [-0.1, -0.05) is 13.8 Å². The second-order valence-corrected chi connectivity index (χ2v) is 7.09. The van der Waals surface area contributed by atoms with Crippen LogP contribution in [0.3, 0.4) is 0 Å². The Kier molecular flexibility index (Phi) is 11.2. The van der Waals surface area contributed by atoms with Gasteiger partial charge in [-0.25, -0.2) is 4.99 Å². The van der Waals surface area contributed by atoms with Crippen LogP contribution < -0.4 is 24.8 Å². The Hall–Kier alpha value is -2.15. The van der Waals surface area contributed by atoms with E-state index in [2.05, 4.69) is 24.5 Å². The molecule has 0 bridgehead atoms. The van der Waals surface area contributed by atoms with Gasteiger partial charge in [0.2, 0.25) is 0 Å². The third-order valence-electron chi connectivity index (χ3n) is 4.46. The number of guanidine groups is 1. The van der Waals surface area contributed by atoms with Crippen LogP contribution in [-0.2, 0) is 6.54 Å². The van der Waals surface area contributed by atoms with Gasteiger partial charge in [-0.05, 0) is 31.6 Å². The lowest BCUT2D eigenvalue weighted by Gasteiger charge is -2.20. The SMILES string of the molecule is CCNC(=NCc1c(OC)cc(OC)cc1OC)NCC(CCO)CC(C)C. The zero-order valence-corrected chi connectivity index (χ0v) is 18.2. The van der Waals surface area contributed by atoms with Crippen LogP contribution in [0.4, 0.5) is 0 Å². The highest BCUT2D eigenvalue weighted by molar-refractivity contribution is 5.79. The van der Waals surface area contributed by atoms with Gasteiger partial charge in [-0.15, -0.1) is 0 Å². The van der Waals surface area contributed by atoms with E-state index in [4.69, 9.17) is 19.2 Å². The summed E-state index contributed by atoms with van der Waals surface area (Å²) in [6.45, 7) is 8.56. The first-order chi connectivity index (χ1) is 13.5. The van der Waals surface area contributed by atoms with Crippen molar-refractivity contribution in [2.45, 2.75) is 40.2 Å². The topological polar surface area (TPSA) is 84.3 Å². The standard InChI is InChI=1S/C21H37N3O4/c1-7-22-21(23-13-16(8-9-25)10-15(2)3)24-14-18-19(27-5)11-17(26-4)12-20(18)28-6/h11-12,15-16,25H,7-10,13-14H2,1-6H3,(H2,22,23,24). The number of hydrogen-bond donors (Lipinski definition) is 3. The molecule has 7 nitrogen and oxygen atoms in total. The van der Waals surface area contributed by atoms with Gasteiger partial charge in [0.15, 0.2) is 5.96 Å². The van der Waals surface area contributed by atoms with Crippen molar-refractivity contribution in [3.05, 3.63) is 17.7 Å². The number of nitrogens with zero attached hydrogens (tertiary/aromatic N) is 1. The molecule has 3 N–H and O–H groups in total. The predicted molar refractivity (Wildman–Crippen MR) is 114 cm³/mol. The predicted octanol–water partition coefficient (Wildman–Crippen LogP) is 2.81. The lowest BCUT2D eigenvalue weighted by atomic mass is 9.94. The van der Waals surface area contributed by atoms with Crippen molar-refractivity contribution in [2.75, 3.05) is 41.0 Å². The lowest BCUT2D eigenvalue weighted by Crippen LogP contribution is -2.40. The molecule has 0 spiro atoms. The molecular formula is C21H37N3O4. The molecule has 0 saturated heterocycles. The highest BCUT2D eigenvalue weighted by Crippen LogP contribution is 2.34. The second kappa shape index (κ2) is 13.1. The molecule has 1 atom stereocenters. The summed E-state index contributed by atoms with van der Waals surface area (Å²) in [5, 5.41) is 16.0. The summed E-state index contributed by atoms with van der Waals surface area (Å²) >= 11 is 0. The first-order valence-corrected chi connectivity index (χ1v) is 9.90. The fraction of sp³-hybridized carbons (Fsp3) is 0.667. The summed E-state index contributed by atoms with van der Waals surface area (Å²) in [4.78, 5) is 4.70. The molecule has 160 valence electrons. The Bertz CT molecular complexity index is 580. The molecule has 1 rings (SSSR count). The van der Waals surface area contributed by atoms with Crippen LogP contribution >= 0.6 is 0 Å². The fourth-order valence-electron chi connectivity index (χ4n) is 3.13. The van der Waals surface area contributed by atoms with E-state index in [1.807, 2.05) is 19.1 Å². The number of aliphatic hydroxyl groups is 1. The van der Waals surface area contributed by atoms with Gasteiger partial charge in [0.1, 0.15) is 17.2 Å². The molecule has 1 aromatic rings. The van der Waals surface area contributed by atoms with Crippen molar-refractivity contribution >= 4 is 5.96 Å².